The van der Waals surface area contributed by atoms with E-state index in [4.69, 9.17) is 4.74 Å². The van der Waals surface area contributed by atoms with Crippen molar-refractivity contribution in [2.24, 2.45) is 0 Å². The molecule has 30 heavy (non-hydrogen) atoms. The summed E-state index contributed by atoms with van der Waals surface area (Å²) in [5.74, 6) is -0.350. The van der Waals surface area contributed by atoms with Gasteiger partial charge in [0, 0.05) is 43.3 Å². The van der Waals surface area contributed by atoms with Crippen LogP contribution < -0.4 is 10.2 Å². The van der Waals surface area contributed by atoms with Gasteiger partial charge >= 0.3 is 5.97 Å². The highest BCUT2D eigenvalue weighted by Gasteiger charge is 2.34. The highest BCUT2D eigenvalue weighted by molar-refractivity contribution is 6.02. The third kappa shape index (κ3) is 3.07. The second-order valence-corrected chi connectivity index (χ2v) is 7.65. The second-order valence-electron chi connectivity index (χ2n) is 7.65. The Morgan fingerprint density at radius 3 is 2.80 bits per heavy atom. The van der Waals surface area contributed by atoms with Crippen molar-refractivity contribution >= 4 is 34.7 Å². The lowest BCUT2D eigenvalue weighted by Crippen LogP contribution is -2.41. The molecule has 0 saturated carbocycles. The minimum Gasteiger partial charge on any atom is -0.477 e. The average molecular weight is 407 g/mol. The van der Waals surface area contributed by atoms with Gasteiger partial charge in [-0.25, -0.2) is 14.8 Å². The highest BCUT2D eigenvalue weighted by Crippen LogP contribution is 2.35. The normalized spacial score (nSPS) is 16.8. The number of fused-ring (bicyclic) bond motifs is 2. The number of hydrogen-bond donors (Lipinski definition) is 2. The third-order valence-corrected chi connectivity index (χ3v) is 5.72. The van der Waals surface area contributed by atoms with E-state index in [1.165, 1.54) is 10.6 Å². The Kier molecular flexibility index (Phi) is 4.39. The molecule has 3 aromatic rings. The van der Waals surface area contributed by atoms with Gasteiger partial charge in [0.1, 0.15) is 11.5 Å². The number of aryl methyl sites for hydroxylation is 1. The van der Waals surface area contributed by atoms with Crippen molar-refractivity contribution in [3.8, 4) is 0 Å². The Bertz CT molecular complexity index is 1170. The quantitative estimate of drug-likeness (QED) is 0.684. The molecule has 2 aliphatic rings. The first-order chi connectivity index (χ1) is 14.5. The van der Waals surface area contributed by atoms with E-state index < -0.39 is 5.97 Å². The fourth-order valence-corrected chi connectivity index (χ4v) is 4.17. The van der Waals surface area contributed by atoms with Gasteiger partial charge in [0.05, 0.1) is 24.0 Å². The molecule has 0 aliphatic carbocycles. The maximum absolute atomic E-state index is 12.6. The number of amides is 1. The predicted octanol–water partition coefficient (Wildman–Crippen LogP) is 2.55. The molecule has 9 heteroatoms. The Hall–Kier alpha value is -3.46. The number of ether oxygens (including phenoxy) is 1. The minimum atomic E-state index is -1.04. The lowest BCUT2D eigenvalue weighted by atomic mass is 10.1. The molecular formula is C21H21N5O4. The molecule has 2 N–H and O–H groups in total. The lowest BCUT2D eigenvalue weighted by molar-refractivity contribution is -0.118. The first kappa shape index (κ1) is 18.6. The number of nitrogens with zero attached hydrogens (tertiary/aromatic N) is 4. The zero-order valence-corrected chi connectivity index (χ0v) is 16.5. The molecule has 0 atom stereocenters. The summed E-state index contributed by atoms with van der Waals surface area (Å²) in [6, 6.07) is 3.86. The fourth-order valence-electron chi connectivity index (χ4n) is 4.17. The molecule has 2 aliphatic heterocycles. The molecule has 3 aromatic heterocycles. The summed E-state index contributed by atoms with van der Waals surface area (Å²) >= 11 is 0. The number of carbonyl (C=O) groups is 2. The van der Waals surface area contributed by atoms with Gasteiger partial charge in [-0.05, 0) is 31.4 Å². The van der Waals surface area contributed by atoms with Gasteiger partial charge in [0.15, 0.2) is 5.69 Å². The predicted molar refractivity (Wildman–Crippen MR) is 109 cm³/mol. The molecule has 1 saturated heterocycles. The summed E-state index contributed by atoms with van der Waals surface area (Å²) in [6.45, 7) is 3.24. The van der Waals surface area contributed by atoms with Gasteiger partial charge in [0.25, 0.3) is 0 Å². The summed E-state index contributed by atoms with van der Waals surface area (Å²) in [6.07, 6.45) is 6.79. The van der Waals surface area contributed by atoms with Crippen LogP contribution in [0.2, 0.25) is 0 Å². The number of rotatable bonds is 4. The van der Waals surface area contributed by atoms with Crippen LogP contribution in [0.1, 0.15) is 34.5 Å². The molecule has 154 valence electrons. The largest absolute Gasteiger partial charge is 0.477 e. The number of pyridine rings is 2. The average Bonchev–Trinajstić information content (AvgIpc) is 3.28. The molecule has 9 nitrogen and oxygen atoms in total. The first-order valence-electron chi connectivity index (χ1n) is 9.88. The maximum Gasteiger partial charge on any atom is 0.354 e. The van der Waals surface area contributed by atoms with Gasteiger partial charge in [-0.2, -0.15) is 0 Å². The van der Waals surface area contributed by atoms with Gasteiger partial charge in [-0.3, -0.25) is 9.20 Å². The summed E-state index contributed by atoms with van der Waals surface area (Å²) < 4.78 is 6.97. The van der Waals surface area contributed by atoms with Crippen molar-refractivity contribution in [3.63, 3.8) is 0 Å². The van der Waals surface area contributed by atoms with E-state index in [2.05, 4.69) is 15.3 Å². The molecular weight excluding hydrogens is 386 g/mol. The van der Waals surface area contributed by atoms with Crippen molar-refractivity contribution < 1.29 is 19.4 Å². The number of hydrogen-bond acceptors (Lipinski definition) is 6. The topological polar surface area (TPSA) is 109 Å². The molecule has 0 bridgehead atoms. The zero-order chi connectivity index (χ0) is 20.8. The second kappa shape index (κ2) is 7.10. The zero-order valence-electron chi connectivity index (χ0n) is 16.5. The summed E-state index contributed by atoms with van der Waals surface area (Å²) in [4.78, 5) is 34.6. The van der Waals surface area contributed by atoms with Crippen LogP contribution in [0.25, 0.3) is 5.65 Å². The Labute approximate surface area is 172 Å². The number of aromatic carboxylic acids is 1. The monoisotopic (exact) mass is 407 g/mol. The molecule has 0 spiro atoms. The number of anilines is 3. The lowest BCUT2D eigenvalue weighted by Gasteiger charge is -2.31. The Balaban J connectivity index is 1.49. The number of carbonyl (C=O) groups excluding carboxylic acids is 1. The number of carboxylic acids is 1. The van der Waals surface area contributed by atoms with E-state index in [0.29, 0.717) is 31.1 Å². The smallest absolute Gasteiger partial charge is 0.354 e. The van der Waals surface area contributed by atoms with Crippen LogP contribution in [-0.4, -0.2) is 50.6 Å². The van der Waals surface area contributed by atoms with E-state index in [-0.39, 0.29) is 17.6 Å². The van der Waals surface area contributed by atoms with Crippen molar-refractivity contribution in [1.29, 1.82) is 0 Å². The van der Waals surface area contributed by atoms with Crippen molar-refractivity contribution in [1.82, 2.24) is 14.4 Å². The highest BCUT2D eigenvalue weighted by atomic mass is 16.5. The number of imidazole rings is 1. The van der Waals surface area contributed by atoms with Crippen molar-refractivity contribution in [3.05, 3.63) is 47.5 Å². The van der Waals surface area contributed by atoms with E-state index in [0.717, 1.165) is 35.3 Å². The van der Waals surface area contributed by atoms with E-state index in [9.17, 15) is 14.7 Å². The fraction of sp³-hybridized carbons (Fsp3) is 0.333. The van der Waals surface area contributed by atoms with Gasteiger partial charge in [-0.1, -0.05) is 0 Å². The number of nitrogens with one attached hydrogen (secondary N) is 1. The van der Waals surface area contributed by atoms with Crippen LogP contribution in [0.3, 0.4) is 0 Å². The SMILES string of the molecule is Cc1cc2ncc(C(=O)O)n2cc1Nc1cc2c(cn1)CC(=O)N2C1CCOCC1. The van der Waals surface area contributed by atoms with Crippen LogP contribution in [0.5, 0.6) is 0 Å². The van der Waals surface area contributed by atoms with Crippen LogP contribution in [0.4, 0.5) is 17.2 Å². The third-order valence-electron chi connectivity index (χ3n) is 5.72. The van der Waals surface area contributed by atoms with Crippen molar-refractivity contribution in [2.45, 2.75) is 32.2 Å². The van der Waals surface area contributed by atoms with Gasteiger partial charge in [0.2, 0.25) is 5.91 Å². The molecule has 5 heterocycles. The minimum absolute atomic E-state index is 0.0891. The number of carboxylic acid groups (broad SMARTS) is 1. The summed E-state index contributed by atoms with van der Waals surface area (Å²) in [7, 11) is 0. The molecule has 1 amide bonds. The Morgan fingerprint density at radius 1 is 1.23 bits per heavy atom. The van der Waals surface area contributed by atoms with Crippen LogP contribution >= 0.6 is 0 Å². The molecule has 0 aromatic carbocycles. The summed E-state index contributed by atoms with van der Waals surface area (Å²) in [5, 5.41) is 12.6. The standard InChI is InChI=1S/C21H21N5O4/c1-12-6-19-23-10-17(21(28)29)25(19)11-15(12)24-18-8-16-13(9-22-18)7-20(27)26(16)14-2-4-30-5-3-14/h6,8-11,14H,2-5,7H2,1H3,(H,22,24)(H,28,29). The molecule has 5 rings (SSSR count). The number of aromatic nitrogens is 3. The van der Waals surface area contributed by atoms with Gasteiger partial charge in [-0.15, -0.1) is 0 Å². The van der Waals surface area contributed by atoms with E-state index >= 15 is 0 Å². The van der Waals surface area contributed by atoms with Crippen LogP contribution in [0, 0.1) is 6.92 Å². The molecule has 0 radical (unpaired) electrons. The van der Waals surface area contributed by atoms with Crippen molar-refractivity contribution in [2.75, 3.05) is 23.4 Å². The van der Waals surface area contributed by atoms with E-state index in [1.807, 2.05) is 24.0 Å². The summed E-state index contributed by atoms with van der Waals surface area (Å²) in [5.41, 5.74) is 4.09. The molecule has 0 unspecified atom stereocenters. The van der Waals surface area contributed by atoms with Crippen LogP contribution in [-0.2, 0) is 16.0 Å². The Morgan fingerprint density at radius 2 is 2.03 bits per heavy atom. The molecule has 1 fully saturated rings. The van der Waals surface area contributed by atoms with E-state index in [1.54, 1.807) is 12.4 Å². The van der Waals surface area contributed by atoms with Crippen LogP contribution in [0.15, 0.2) is 30.7 Å². The maximum atomic E-state index is 12.6. The first-order valence-corrected chi connectivity index (χ1v) is 9.88. The van der Waals surface area contributed by atoms with Gasteiger partial charge < -0.3 is 20.1 Å².